The third kappa shape index (κ3) is 3.71. The summed E-state index contributed by atoms with van der Waals surface area (Å²) in [5.41, 5.74) is 2.50. The first kappa shape index (κ1) is 12.9. The standard InChI is InChI=1S/C14H21BrN2/c1-11-5-6-14(13(15)8-11)16-9-12-4-3-7-17(2)10-12/h5-6,8,12,16H,3-4,7,9-10H2,1-2H3. The van der Waals surface area contributed by atoms with Crippen molar-refractivity contribution >= 4 is 21.6 Å². The van der Waals surface area contributed by atoms with Crippen LogP contribution in [0.15, 0.2) is 22.7 Å². The average molecular weight is 297 g/mol. The van der Waals surface area contributed by atoms with E-state index in [1.807, 2.05) is 0 Å². The van der Waals surface area contributed by atoms with Gasteiger partial charge in [0.25, 0.3) is 0 Å². The highest BCUT2D eigenvalue weighted by Crippen LogP contribution is 2.24. The second-order valence-corrected chi connectivity index (χ2v) is 5.99. The summed E-state index contributed by atoms with van der Waals surface area (Å²) in [5, 5.41) is 3.56. The van der Waals surface area contributed by atoms with Gasteiger partial charge in [-0.3, -0.25) is 0 Å². The van der Waals surface area contributed by atoms with E-state index in [9.17, 15) is 0 Å². The molecule has 0 aromatic heterocycles. The Morgan fingerprint density at radius 3 is 3.00 bits per heavy atom. The Morgan fingerprint density at radius 2 is 2.29 bits per heavy atom. The normalized spacial score (nSPS) is 21.5. The minimum Gasteiger partial charge on any atom is -0.384 e. The van der Waals surface area contributed by atoms with Gasteiger partial charge in [0.1, 0.15) is 0 Å². The Balaban J connectivity index is 1.88. The van der Waals surface area contributed by atoms with Gasteiger partial charge in [0.2, 0.25) is 0 Å². The number of halogens is 1. The quantitative estimate of drug-likeness (QED) is 0.918. The number of anilines is 1. The van der Waals surface area contributed by atoms with Gasteiger partial charge < -0.3 is 10.2 Å². The average Bonchev–Trinajstić information content (AvgIpc) is 2.28. The van der Waals surface area contributed by atoms with E-state index in [0.717, 1.165) is 12.5 Å². The molecule has 0 bridgehead atoms. The maximum Gasteiger partial charge on any atom is 0.0484 e. The van der Waals surface area contributed by atoms with E-state index in [1.54, 1.807) is 0 Å². The summed E-state index contributed by atoms with van der Waals surface area (Å²) in [7, 11) is 2.22. The molecule has 0 aliphatic carbocycles. The minimum absolute atomic E-state index is 0.780. The van der Waals surface area contributed by atoms with E-state index >= 15 is 0 Å². The first-order chi connectivity index (χ1) is 8.15. The molecule has 2 rings (SSSR count). The van der Waals surface area contributed by atoms with E-state index in [4.69, 9.17) is 0 Å². The van der Waals surface area contributed by atoms with Crippen LogP contribution in [0.3, 0.4) is 0 Å². The summed E-state index contributed by atoms with van der Waals surface area (Å²) in [5.74, 6) is 0.780. The van der Waals surface area contributed by atoms with Gasteiger partial charge in [-0.2, -0.15) is 0 Å². The maximum absolute atomic E-state index is 3.61. The maximum atomic E-state index is 3.61. The molecule has 3 heteroatoms. The van der Waals surface area contributed by atoms with Gasteiger partial charge >= 0.3 is 0 Å². The van der Waals surface area contributed by atoms with Gasteiger partial charge in [-0.1, -0.05) is 6.07 Å². The van der Waals surface area contributed by atoms with Crippen molar-refractivity contribution < 1.29 is 0 Å². The van der Waals surface area contributed by atoms with Crippen molar-refractivity contribution in [1.82, 2.24) is 4.90 Å². The number of nitrogens with zero attached hydrogens (tertiary/aromatic N) is 1. The van der Waals surface area contributed by atoms with E-state index in [1.165, 1.54) is 41.7 Å². The zero-order valence-electron chi connectivity index (χ0n) is 10.7. The van der Waals surface area contributed by atoms with Crippen molar-refractivity contribution in [2.24, 2.45) is 5.92 Å². The Bertz CT molecular complexity index is 378. The second kappa shape index (κ2) is 5.87. The van der Waals surface area contributed by atoms with Crippen LogP contribution in [0.2, 0.25) is 0 Å². The molecule has 1 saturated heterocycles. The van der Waals surface area contributed by atoms with E-state index < -0.39 is 0 Å². The molecule has 1 heterocycles. The topological polar surface area (TPSA) is 15.3 Å². The summed E-state index contributed by atoms with van der Waals surface area (Å²) in [4.78, 5) is 2.43. The first-order valence-corrected chi connectivity index (χ1v) is 7.13. The fourth-order valence-corrected chi connectivity index (χ4v) is 3.09. The molecule has 0 amide bonds. The molecule has 1 aliphatic rings. The molecule has 1 aliphatic heterocycles. The Hall–Kier alpha value is -0.540. The highest BCUT2D eigenvalue weighted by Gasteiger charge is 2.16. The Kier molecular flexibility index (Phi) is 4.46. The van der Waals surface area contributed by atoms with Gasteiger partial charge in [-0.25, -0.2) is 0 Å². The minimum atomic E-state index is 0.780. The molecular weight excluding hydrogens is 276 g/mol. The van der Waals surface area contributed by atoms with E-state index in [0.29, 0.717) is 0 Å². The van der Waals surface area contributed by atoms with Crippen molar-refractivity contribution in [3.63, 3.8) is 0 Å². The van der Waals surface area contributed by atoms with Gasteiger partial charge in [0.05, 0.1) is 0 Å². The molecular formula is C14H21BrN2. The first-order valence-electron chi connectivity index (χ1n) is 6.33. The van der Waals surface area contributed by atoms with Crippen molar-refractivity contribution in [3.8, 4) is 0 Å². The Labute approximate surface area is 113 Å². The van der Waals surface area contributed by atoms with Crippen molar-refractivity contribution in [1.29, 1.82) is 0 Å². The zero-order chi connectivity index (χ0) is 12.3. The Morgan fingerprint density at radius 1 is 1.47 bits per heavy atom. The summed E-state index contributed by atoms with van der Waals surface area (Å²) < 4.78 is 1.17. The van der Waals surface area contributed by atoms with Gasteiger partial charge in [-0.05, 0) is 72.9 Å². The number of hydrogen-bond donors (Lipinski definition) is 1. The zero-order valence-corrected chi connectivity index (χ0v) is 12.3. The molecule has 1 atom stereocenters. The molecule has 1 fully saturated rings. The molecule has 1 N–H and O–H groups in total. The molecule has 2 nitrogen and oxygen atoms in total. The van der Waals surface area contributed by atoms with Gasteiger partial charge in [0.15, 0.2) is 0 Å². The number of aryl methyl sites for hydroxylation is 1. The van der Waals surface area contributed by atoms with E-state index in [-0.39, 0.29) is 0 Å². The van der Waals surface area contributed by atoms with Gasteiger partial charge in [0, 0.05) is 23.2 Å². The molecule has 17 heavy (non-hydrogen) atoms. The monoisotopic (exact) mass is 296 g/mol. The lowest BCUT2D eigenvalue weighted by Crippen LogP contribution is -2.35. The number of hydrogen-bond acceptors (Lipinski definition) is 2. The SMILES string of the molecule is Cc1ccc(NCC2CCCN(C)C2)c(Br)c1. The van der Waals surface area contributed by atoms with Crippen LogP contribution in [0.5, 0.6) is 0 Å². The second-order valence-electron chi connectivity index (χ2n) is 5.13. The third-order valence-corrected chi connectivity index (χ3v) is 4.08. The molecule has 0 saturated carbocycles. The van der Waals surface area contributed by atoms with Crippen LogP contribution < -0.4 is 5.32 Å². The summed E-state index contributed by atoms with van der Waals surface area (Å²) in [6, 6.07) is 6.47. The highest BCUT2D eigenvalue weighted by molar-refractivity contribution is 9.10. The molecule has 94 valence electrons. The van der Waals surface area contributed by atoms with Crippen LogP contribution >= 0.6 is 15.9 Å². The number of piperidine rings is 1. The third-order valence-electron chi connectivity index (χ3n) is 3.43. The lowest BCUT2D eigenvalue weighted by atomic mass is 9.98. The molecule has 1 aromatic rings. The number of likely N-dealkylation sites (tertiary alicyclic amines) is 1. The molecule has 0 spiro atoms. The molecule has 1 unspecified atom stereocenters. The number of nitrogens with one attached hydrogen (secondary N) is 1. The fourth-order valence-electron chi connectivity index (χ4n) is 2.46. The highest BCUT2D eigenvalue weighted by atomic mass is 79.9. The smallest absolute Gasteiger partial charge is 0.0484 e. The van der Waals surface area contributed by atoms with Crippen LogP contribution in [0.1, 0.15) is 18.4 Å². The molecule has 1 aromatic carbocycles. The fraction of sp³-hybridized carbons (Fsp3) is 0.571. The van der Waals surface area contributed by atoms with Crippen molar-refractivity contribution in [3.05, 3.63) is 28.2 Å². The van der Waals surface area contributed by atoms with Crippen molar-refractivity contribution in [2.75, 3.05) is 32.0 Å². The van der Waals surface area contributed by atoms with Crippen LogP contribution in [-0.4, -0.2) is 31.6 Å². The van der Waals surface area contributed by atoms with Crippen molar-refractivity contribution in [2.45, 2.75) is 19.8 Å². The lowest BCUT2D eigenvalue weighted by molar-refractivity contribution is 0.217. The summed E-state index contributed by atoms with van der Waals surface area (Å²) >= 11 is 3.61. The molecule has 0 radical (unpaired) electrons. The van der Waals surface area contributed by atoms with Crippen LogP contribution in [0, 0.1) is 12.8 Å². The lowest BCUT2D eigenvalue weighted by Gasteiger charge is -2.30. The number of benzene rings is 1. The predicted octanol–water partition coefficient (Wildman–Crippen LogP) is 3.51. The predicted molar refractivity (Wildman–Crippen MR) is 77.6 cm³/mol. The largest absolute Gasteiger partial charge is 0.384 e. The summed E-state index contributed by atoms with van der Waals surface area (Å²) in [6.45, 7) is 5.66. The van der Waals surface area contributed by atoms with Crippen LogP contribution in [0.4, 0.5) is 5.69 Å². The number of rotatable bonds is 3. The van der Waals surface area contributed by atoms with Crippen LogP contribution in [0.25, 0.3) is 0 Å². The van der Waals surface area contributed by atoms with Gasteiger partial charge in [-0.15, -0.1) is 0 Å². The van der Waals surface area contributed by atoms with Crippen LogP contribution in [-0.2, 0) is 0 Å². The summed E-state index contributed by atoms with van der Waals surface area (Å²) in [6.07, 6.45) is 2.68. The van der Waals surface area contributed by atoms with E-state index in [2.05, 4.69) is 58.3 Å².